The average Bonchev–Trinajstić information content (AvgIpc) is 2.78. The summed E-state index contributed by atoms with van der Waals surface area (Å²) in [5.74, 6) is 0.395. The van der Waals surface area contributed by atoms with Crippen LogP contribution in [0.4, 0.5) is 11.4 Å². The minimum Gasteiger partial charge on any atom is -0.508 e. The molecule has 3 aromatic rings. The van der Waals surface area contributed by atoms with Crippen molar-refractivity contribution in [2.75, 3.05) is 5.73 Å². The van der Waals surface area contributed by atoms with Crippen molar-refractivity contribution < 1.29 is 91.8 Å². The Morgan fingerprint density at radius 1 is 0.850 bits per heavy atom. The Morgan fingerprint density at radius 3 is 1.52 bits per heavy atom. The molecular weight excluding hydrogens is 599 g/mol. The van der Waals surface area contributed by atoms with E-state index >= 15 is 0 Å². The van der Waals surface area contributed by atoms with Crippen LogP contribution in [0.2, 0.25) is 0 Å². The van der Waals surface area contributed by atoms with Crippen molar-refractivity contribution in [3.05, 3.63) is 82.9 Å². The molecule has 3 aromatic carbocycles. The van der Waals surface area contributed by atoms with Crippen LogP contribution >= 0.6 is 0 Å². The molecule has 0 spiro atoms. The molecule has 22 heteroatoms. The van der Waals surface area contributed by atoms with Gasteiger partial charge in [0.05, 0.1) is 0 Å². The predicted octanol–water partition coefficient (Wildman–Crippen LogP) is -1.12. The van der Waals surface area contributed by atoms with E-state index in [0.717, 1.165) is 5.34 Å². The molecule has 3 rings (SSSR count). The molecule has 0 heterocycles. The van der Waals surface area contributed by atoms with E-state index < -0.39 is 21.3 Å². The molecule has 0 aromatic heterocycles. The minimum absolute atomic E-state index is 0. The van der Waals surface area contributed by atoms with Crippen LogP contribution in [0.1, 0.15) is 0 Å². The molecule has 0 saturated carbocycles. The van der Waals surface area contributed by atoms with E-state index in [1.165, 1.54) is 48.5 Å². The molecule has 0 aliphatic heterocycles. The summed E-state index contributed by atoms with van der Waals surface area (Å²) in [5.41, 5.74) is 6.18. The van der Waals surface area contributed by atoms with E-state index in [2.05, 4.69) is 18.6 Å². The summed E-state index contributed by atoms with van der Waals surface area (Å²) in [6, 6.07) is 18.2. The van der Waals surface area contributed by atoms with Gasteiger partial charge >= 0.3 is 40.0 Å². The van der Waals surface area contributed by atoms with Gasteiger partial charge in [-0.2, -0.15) is 8.42 Å². The topological polar surface area (TPSA) is 348 Å². The number of rotatable bonds is 3. The molecule has 0 radical (unpaired) electrons. The quantitative estimate of drug-likeness (QED) is 0.0197. The van der Waals surface area contributed by atoms with Crippen LogP contribution in [-0.4, -0.2) is 48.7 Å². The Bertz CT molecular complexity index is 1250. The van der Waals surface area contributed by atoms with Gasteiger partial charge in [-0.15, -0.1) is 5.34 Å². The molecule has 0 amide bonds. The molecule has 218 valence electrons. The van der Waals surface area contributed by atoms with Crippen molar-refractivity contribution >= 4 is 32.7 Å². The molecule has 0 atom stereocenters. The Labute approximate surface area is 249 Å². The third-order valence-corrected chi connectivity index (χ3v) is 3.23. The van der Waals surface area contributed by atoms with E-state index in [4.69, 9.17) is 59.1 Å². The van der Waals surface area contributed by atoms with E-state index in [-0.39, 0.29) is 58.0 Å². The summed E-state index contributed by atoms with van der Waals surface area (Å²) in [4.78, 5) is 8.00. The average molecular weight is 623 g/mol. The van der Waals surface area contributed by atoms with Crippen LogP contribution in [0.3, 0.4) is 0 Å². The third kappa shape index (κ3) is 32.5. The van der Waals surface area contributed by atoms with Gasteiger partial charge in [-0.3, -0.25) is 9.11 Å². The smallest absolute Gasteiger partial charge is 0.508 e. The fraction of sp³-hybridized carbons (Fsp3) is 0. The standard InChI is InChI=1S/C6H6N2O5S.C6H7NO.C6H6O2.HNO2.Na.H2O4S.H2O/c9-6-3-1-2-5(4-6)7-8-14(11)13-12-10;2*7-5-2-1-3-6(8)4-5;2-1-3;;1-5(2,3)4;/h1-4,9-10H;1-4,8H,7H2;1-4,7-8H;(H,2,3);;(H2,1,2,3,4);1H2/q;;;;+1;;/p-1. The molecule has 0 saturated heterocycles. The maximum atomic E-state index is 10.6. The Hall–Kier alpha value is -3.57. The normalized spacial score (nSPS) is 8.80. The van der Waals surface area contributed by atoms with E-state index in [1.807, 2.05) is 0 Å². The molecule has 0 unspecified atom stereocenters. The number of benzene rings is 3. The Kier molecular flexibility index (Phi) is 27.9. The van der Waals surface area contributed by atoms with Gasteiger partial charge in [-0.25, -0.2) is 9.59 Å². The monoisotopic (exact) mass is 622 g/mol. The maximum Gasteiger partial charge on any atom is 1.00 e. The zero-order valence-electron chi connectivity index (χ0n) is 20.2. The summed E-state index contributed by atoms with van der Waals surface area (Å²) in [6.07, 6.45) is 0. The Morgan fingerprint density at radius 2 is 1.23 bits per heavy atom. The molecule has 11 N–H and O–H groups in total. The van der Waals surface area contributed by atoms with Gasteiger partial charge < -0.3 is 46.0 Å². The number of nitrogens with two attached hydrogens (primary N) is 1. The van der Waals surface area contributed by atoms with Crippen molar-refractivity contribution in [3.63, 3.8) is 0 Å². The predicted molar refractivity (Wildman–Crippen MR) is 134 cm³/mol. The summed E-state index contributed by atoms with van der Waals surface area (Å²) in [6.45, 7) is 0. The second-order valence-corrected chi connectivity index (χ2v) is 7.33. The van der Waals surface area contributed by atoms with Crippen LogP contribution in [0, 0.1) is 10.1 Å². The summed E-state index contributed by atoms with van der Waals surface area (Å²) >= 11 is 0. The summed E-state index contributed by atoms with van der Waals surface area (Å²) < 4.78 is 49.0. The third-order valence-electron chi connectivity index (χ3n) is 2.84. The number of hydrogen-bond donors (Lipinski definition) is 8. The van der Waals surface area contributed by atoms with Crippen LogP contribution in [-0.2, 0) is 34.9 Å². The number of phenols is 4. The van der Waals surface area contributed by atoms with Crippen LogP contribution < -0.4 is 39.5 Å². The first-order valence-electron chi connectivity index (χ1n) is 9.00. The molecule has 0 fully saturated rings. The van der Waals surface area contributed by atoms with Gasteiger partial charge in [-0.1, -0.05) is 23.2 Å². The largest absolute Gasteiger partial charge is 1.00 e. The summed E-state index contributed by atoms with van der Waals surface area (Å²) in [5, 5.41) is 58.3. The van der Waals surface area contributed by atoms with E-state index in [1.54, 1.807) is 24.3 Å². The van der Waals surface area contributed by atoms with Crippen molar-refractivity contribution in [1.29, 1.82) is 0 Å². The zero-order valence-corrected chi connectivity index (χ0v) is 23.8. The molecular formula is C18H23N4NaO15S2. The van der Waals surface area contributed by atoms with Crippen LogP contribution in [0.5, 0.6) is 23.0 Å². The second-order valence-electron chi connectivity index (χ2n) is 5.70. The van der Waals surface area contributed by atoms with Gasteiger partial charge in [0.25, 0.3) is 10.9 Å². The first kappa shape index (κ1) is 43.5. The van der Waals surface area contributed by atoms with E-state index in [9.17, 15) is 4.21 Å². The minimum atomic E-state index is -4.67. The molecule has 40 heavy (non-hydrogen) atoms. The Balaban J connectivity index is -0.000000217. The van der Waals surface area contributed by atoms with Crippen LogP contribution in [0.15, 0.2) is 83.3 Å². The molecule has 19 nitrogen and oxygen atoms in total. The van der Waals surface area contributed by atoms with Crippen LogP contribution in [0.25, 0.3) is 0 Å². The van der Waals surface area contributed by atoms with Crippen molar-refractivity contribution in [2.45, 2.75) is 0 Å². The maximum absolute atomic E-state index is 10.6. The number of nitrogen functional groups attached to an aromatic ring is 1. The van der Waals surface area contributed by atoms with Gasteiger partial charge in [0, 0.05) is 23.9 Å². The van der Waals surface area contributed by atoms with Crippen molar-refractivity contribution in [1.82, 2.24) is 4.16 Å². The van der Waals surface area contributed by atoms with Crippen molar-refractivity contribution in [2.24, 2.45) is 10.5 Å². The molecule has 0 aliphatic rings. The summed E-state index contributed by atoms with van der Waals surface area (Å²) in [7, 11) is -6.89. The number of phenolic OH excluding ortho intramolecular Hbond substituents is 4. The number of anilines is 1. The van der Waals surface area contributed by atoms with Crippen molar-refractivity contribution in [3.8, 4) is 23.0 Å². The van der Waals surface area contributed by atoms with Gasteiger partial charge in [0.2, 0.25) is 0 Å². The van der Waals surface area contributed by atoms with Gasteiger partial charge in [0.1, 0.15) is 33.8 Å². The molecule has 0 aliphatic carbocycles. The number of aromatic hydroxyl groups is 4. The number of nitrogens with zero attached hydrogens (tertiary/aromatic N) is 3. The number of hydrogen-bond acceptors (Lipinski definition) is 16. The fourth-order valence-corrected chi connectivity index (χ4v) is 1.93. The SMILES string of the molecule is Nc1cccc(O)c1.O.O=N[O-].O=S(=O)(O)O.O=[S-](=[N+]=Nc1cccc(O)c1)OOO.Oc1cccc(O)c1.[Na+]. The van der Waals surface area contributed by atoms with E-state index in [0.29, 0.717) is 11.4 Å². The first-order valence-corrected chi connectivity index (χ1v) is 11.4. The fourth-order valence-electron chi connectivity index (χ4n) is 1.69. The molecule has 0 bridgehead atoms. The zero-order chi connectivity index (χ0) is 29.6. The van der Waals surface area contributed by atoms with Gasteiger partial charge in [-0.05, 0) is 40.6 Å². The van der Waals surface area contributed by atoms with Gasteiger partial charge in [0.15, 0.2) is 0 Å². The first-order chi connectivity index (χ1) is 17.7. The second kappa shape index (κ2) is 25.7.